The zero-order chi connectivity index (χ0) is 16.6. The van der Waals surface area contributed by atoms with E-state index in [-0.39, 0.29) is 11.9 Å². The molecule has 23 heavy (non-hydrogen) atoms. The Labute approximate surface area is 134 Å². The van der Waals surface area contributed by atoms with Gasteiger partial charge < -0.3 is 9.64 Å². The first-order valence-electron chi connectivity index (χ1n) is 7.63. The Morgan fingerprint density at radius 1 is 1.30 bits per heavy atom. The zero-order valence-electron chi connectivity index (χ0n) is 13.5. The number of carbonyl (C=O) groups excluding carboxylic acids is 1. The molecular weight excluding hydrogens is 297 g/mol. The fourth-order valence-electron chi connectivity index (χ4n) is 2.62. The Morgan fingerprint density at radius 2 is 2.00 bits per heavy atom. The number of halogens is 1. The standard InChI is InChI=1S/C17H20FN3O2/c1-17(2,3)23-16(22)21-9-8-14-13(10-21)15(20-19-14)11-4-6-12(18)7-5-11/h4-7H,8-10H2,1-3H3,(H,19,20). The maximum Gasteiger partial charge on any atom is 0.410 e. The second-order valence-electron chi connectivity index (χ2n) is 6.69. The molecule has 1 aromatic carbocycles. The third-order valence-electron chi connectivity index (χ3n) is 3.70. The average Bonchev–Trinajstić information content (AvgIpc) is 2.89. The van der Waals surface area contributed by atoms with Gasteiger partial charge in [-0.3, -0.25) is 5.10 Å². The van der Waals surface area contributed by atoms with Gasteiger partial charge in [0.05, 0.1) is 12.2 Å². The first-order chi connectivity index (χ1) is 10.8. The van der Waals surface area contributed by atoms with Crippen LogP contribution in [0, 0.1) is 5.82 Å². The highest BCUT2D eigenvalue weighted by atomic mass is 19.1. The predicted molar refractivity (Wildman–Crippen MR) is 84.3 cm³/mol. The largest absolute Gasteiger partial charge is 0.444 e. The number of benzene rings is 1. The highest BCUT2D eigenvalue weighted by molar-refractivity contribution is 5.70. The van der Waals surface area contributed by atoms with Gasteiger partial charge in [0.15, 0.2) is 0 Å². The number of hydrogen-bond acceptors (Lipinski definition) is 3. The van der Waals surface area contributed by atoms with Crippen molar-refractivity contribution < 1.29 is 13.9 Å². The Hall–Kier alpha value is -2.37. The third kappa shape index (κ3) is 3.36. The molecule has 0 atom stereocenters. The molecule has 5 nitrogen and oxygen atoms in total. The second kappa shape index (κ2) is 5.68. The Kier molecular flexibility index (Phi) is 3.83. The highest BCUT2D eigenvalue weighted by Gasteiger charge is 2.28. The number of rotatable bonds is 1. The van der Waals surface area contributed by atoms with Crippen molar-refractivity contribution in [3.8, 4) is 11.3 Å². The van der Waals surface area contributed by atoms with Gasteiger partial charge in [0.2, 0.25) is 0 Å². The molecule has 6 heteroatoms. The number of fused-ring (bicyclic) bond motifs is 1. The lowest BCUT2D eigenvalue weighted by Gasteiger charge is -2.30. The van der Waals surface area contributed by atoms with Crippen LogP contribution in [0.25, 0.3) is 11.3 Å². The summed E-state index contributed by atoms with van der Waals surface area (Å²) in [5.74, 6) is -0.284. The third-order valence-corrected chi connectivity index (χ3v) is 3.70. The summed E-state index contributed by atoms with van der Waals surface area (Å²) >= 11 is 0. The van der Waals surface area contributed by atoms with Crippen molar-refractivity contribution in [2.45, 2.75) is 39.3 Å². The molecule has 0 fully saturated rings. The SMILES string of the molecule is CC(C)(C)OC(=O)N1CCc2[nH]nc(-c3ccc(F)cc3)c2C1. The van der Waals surface area contributed by atoms with Crippen LogP contribution in [-0.4, -0.2) is 33.3 Å². The molecule has 0 bridgehead atoms. The summed E-state index contributed by atoms with van der Waals surface area (Å²) in [6.45, 7) is 6.58. The predicted octanol–water partition coefficient (Wildman–Crippen LogP) is 3.51. The van der Waals surface area contributed by atoms with Crippen LogP contribution in [0.15, 0.2) is 24.3 Å². The summed E-state index contributed by atoms with van der Waals surface area (Å²) in [7, 11) is 0. The van der Waals surface area contributed by atoms with Gasteiger partial charge in [0.1, 0.15) is 11.4 Å². The second-order valence-corrected chi connectivity index (χ2v) is 6.69. The van der Waals surface area contributed by atoms with Crippen LogP contribution in [0.4, 0.5) is 9.18 Å². The van der Waals surface area contributed by atoms with E-state index in [0.717, 1.165) is 22.5 Å². The summed E-state index contributed by atoms with van der Waals surface area (Å²) < 4.78 is 18.5. The Balaban J connectivity index is 1.84. The smallest absolute Gasteiger partial charge is 0.410 e. The highest BCUT2D eigenvalue weighted by Crippen LogP contribution is 2.29. The number of aromatic amines is 1. The topological polar surface area (TPSA) is 58.2 Å². The van der Waals surface area contributed by atoms with Crippen molar-refractivity contribution in [3.05, 3.63) is 41.3 Å². The van der Waals surface area contributed by atoms with Crippen LogP contribution in [0.1, 0.15) is 32.0 Å². The zero-order valence-corrected chi connectivity index (χ0v) is 13.5. The normalized spacial score (nSPS) is 14.5. The van der Waals surface area contributed by atoms with Gasteiger partial charge in [-0.1, -0.05) is 0 Å². The quantitative estimate of drug-likeness (QED) is 0.875. The van der Waals surface area contributed by atoms with E-state index in [4.69, 9.17) is 4.74 Å². The van der Waals surface area contributed by atoms with Crippen LogP contribution in [0.2, 0.25) is 0 Å². The fourth-order valence-corrected chi connectivity index (χ4v) is 2.62. The minimum atomic E-state index is -0.520. The molecular formula is C17H20FN3O2. The van der Waals surface area contributed by atoms with Gasteiger partial charge in [-0.15, -0.1) is 0 Å². The van der Waals surface area contributed by atoms with E-state index in [2.05, 4.69) is 10.2 Å². The van der Waals surface area contributed by atoms with E-state index in [1.807, 2.05) is 20.8 Å². The minimum absolute atomic E-state index is 0.284. The van der Waals surface area contributed by atoms with Gasteiger partial charge in [-0.2, -0.15) is 5.10 Å². The number of aromatic nitrogens is 2. The maximum absolute atomic E-state index is 13.1. The number of H-pyrrole nitrogens is 1. The summed E-state index contributed by atoms with van der Waals surface area (Å²) in [6, 6.07) is 6.20. The van der Waals surface area contributed by atoms with Crippen LogP contribution in [-0.2, 0) is 17.7 Å². The van der Waals surface area contributed by atoms with E-state index in [1.54, 1.807) is 17.0 Å². The fraction of sp³-hybridized carbons (Fsp3) is 0.412. The van der Waals surface area contributed by atoms with E-state index < -0.39 is 5.60 Å². The molecule has 1 aromatic heterocycles. The van der Waals surface area contributed by atoms with Crippen LogP contribution in [0.5, 0.6) is 0 Å². The van der Waals surface area contributed by atoms with Crippen molar-refractivity contribution in [1.29, 1.82) is 0 Å². The molecule has 0 aliphatic carbocycles. The number of nitrogens with one attached hydrogen (secondary N) is 1. The molecule has 0 unspecified atom stereocenters. The van der Waals surface area contributed by atoms with Crippen LogP contribution >= 0.6 is 0 Å². The van der Waals surface area contributed by atoms with Crippen molar-refractivity contribution in [1.82, 2.24) is 15.1 Å². The molecule has 1 N–H and O–H groups in total. The number of hydrogen-bond donors (Lipinski definition) is 1. The first-order valence-corrected chi connectivity index (χ1v) is 7.63. The minimum Gasteiger partial charge on any atom is -0.444 e. The lowest BCUT2D eigenvalue weighted by Crippen LogP contribution is -2.39. The number of carbonyl (C=O) groups is 1. The molecule has 2 aromatic rings. The summed E-state index contributed by atoms with van der Waals surface area (Å²) in [4.78, 5) is 13.9. The summed E-state index contributed by atoms with van der Waals surface area (Å²) in [6.07, 6.45) is 0.373. The molecule has 0 radical (unpaired) electrons. The van der Waals surface area contributed by atoms with Crippen LogP contribution in [0.3, 0.4) is 0 Å². The summed E-state index contributed by atoms with van der Waals surface area (Å²) in [5.41, 5.74) is 3.05. The summed E-state index contributed by atoms with van der Waals surface area (Å²) in [5, 5.41) is 7.36. The van der Waals surface area contributed by atoms with Gasteiger partial charge >= 0.3 is 6.09 Å². The van der Waals surface area contributed by atoms with E-state index in [0.29, 0.717) is 19.5 Å². The number of amides is 1. The Bertz CT molecular complexity index is 716. The van der Waals surface area contributed by atoms with Crippen molar-refractivity contribution in [2.75, 3.05) is 6.54 Å². The van der Waals surface area contributed by atoms with Gasteiger partial charge in [-0.25, -0.2) is 9.18 Å². The average molecular weight is 317 g/mol. The molecule has 1 amide bonds. The van der Waals surface area contributed by atoms with E-state index in [1.165, 1.54) is 12.1 Å². The van der Waals surface area contributed by atoms with Crippen molar-refractivity contribution in [2.24, 2.45) is 0 Å². The Morgan fingerprint density at radius 3 is 2.65 bits per heavy atom. The lowest BCUT2D eigenvalue weighted by molar-refractivity contribution is 0.0224. The number of nitrogens with zero attached hydrogens (tertiary/aromatic N) is 2. The van der Waals surface area contributed by atoms with Crippen LogP contribution < -0.4 is 0 Å². The molecule has 0 spiro atoms. The van der Waals surface area contributed by atoms with Gasteiger partial charge in [-0.05, 0) is 45.0 Å². The maximum atomic E-state index is 13.1. The monoisotopic (exact) mass is 317 g/mol. The molecule has 2 heterocycles. The van der Waals surface area contributed by atoms with Crippen molar-refractivity contribution in [3.63, 3.8) is 0 Å². The molecule has 3 rings (SSSR count). The molecule has 0 saturated heterocycles. The lowest BCUT2D eigenvalue weighted by atomic mass is 10.0. The van der Waals surface area contributed by atoms with E-state index >= 15 is 0 Å². The molecule has 1 aliphatic heterocycles. The van der Waals surface area contributed by atoms with Gasteiger partial charge in [0, 0.05) is 29.8 Å². The van der Waals surface area contributed by atoms with Crippen molar-refractivity contribution >= 4 is 6.09 Å². The molecule has 0 saturated carbocycles. The van der Waals surface area contributed by atoms with Gasteiger partial charge in [0.25, 0.3) is 0 Å². The molecule has 122 valence electrons. The first kappa shape index (κ1) is 15.5. The number of ether oxygens (including phenoxy) is 1. The van der Waals surface area contributed by atoms with E-state index in [9.17, 15) is 9.18 Å². The molecule has 1 aliphatic rings.